The van der Waals surface area contributed by atoms with Gasteiger partial charge >= 0.3 is 0 Å². The van der Waals surface area contributed by atoms with Gasteiger partial charge in [0, 0.05) is 0 Å². The van der Waals surface area contributed by atoms with Crippen LogP contribution < -0.4 is 4.74 Å². The number of benzene rings is 1. The first kappa shape index (κ1) is 16.4. The standard InChI is InChI=1S/C17H27ClO/c1-2-3-4-5-6-7-8-9-16-10-12-17(13-11-16)19-15-14-18/h10-13H,2-9,14-15H2,1H3. The normalized spacial score (nSPS) is 10.6. The first-order valence-electron chi connectivity index (χ1n) is 7.64. The summed E-state index contributed by atoms with van der Waals surface area (Å²) in [5, 5.41) is 0. The Morgan fingerprint density at radius 2 is 1.53 bits per heavy atom. The zero-order valence-corrected chi connectivity index (χ0v) is 12.9. The van der Waals surface area contributed by atoms with Gasteiger partial charge in [0.15, 0.2) is 0 Å². The van der Waals surface area contributed by atoms with Gasteiger partial charge < -0.3 is 4.74 Å². The Bertz CT molecular complexity index is 308. The average molecular weight is 283 g/mol. The number of hydrogen-bond acceptors (Lipinski definition) is 1. The molecule has 1 aromatic rings. The van der Waals surface area contributed by atoms with Crippen molar-refractivity contribution >= 4 is 11.6 Å². The van der Waals surface area contributed by atoms with E-state index in [9.17, 15) is 0 Å². The van der Waals surface area contributed by atoms with Gasteiger partial charge in [-0.25, -0.2) is 0 Å². The lowest BCUT2D eigenvalue weighted by Crippen LogP contribution is -1.97. The molecule has 0 bridgehead atoms. The number of unbranched alkanes of at least 4 members (excludes halogenated alkanes) is 6. The Balaban J connectivity index is 2.09. The monoisotopic (exact) mass is 282 g/mol. The fourth-order valence-corrected chi connectivity index (χ4v) is 2.27. The van der Waals surface area contributed by atoms with Crippen LogP contribution in [0.5, 0.6) is 5.75 Å². The van der Waals surface area contributed by atoms with Crippen molar-refractivity contribution in [3.63, 3.8) is 0 Å². The second-order valence-electron chi connectivity index (χ2n) is 5.05. The smallest absolute Gasteiger partial charge is 0.119 e. The summed E-state index contributed by atoms with van der Waals surface area (Å²) in [6.07, 6.45) is 10.8. The summed E-state index contributed by atoms with van der Waals surface area (Å²) in [7, 11) is 0. The van der Waals surface area contributed by atoms with E-state index in [1.54, 1.807) is 0 Å². The van der Waals surface area contributed by atoms with E-state index < -0.39 is 0 Å². The summed E-state index contributed by atoms with van der Waals surface area (Å²) >= 11 is 5.59. The summed E-state index contributed by atoms with van der Waals surface area (Å²) in [6, 6.07) is 8.42. The molecular formula is C17H27ClO. The van der Waals surface area contributed by atoms with Crippen LogP contribution in [0.2, 0.25) is 0 Å². The molecule has 19 heavy (non-hydrogen) atoms. The third kappa shape index (κ3) is 8.15. The first-order valence-corrected chi connectivity index (χ1v) is 8.18. The van der Waals surface area contributed by atoms with Crippen molar-refractivity contribution in [3.8, 4) is 5.75 Å². The predicted molar refractivity (Wildman–Crippen MR) is 84.4 cm³/mol. The van der Waals surface area contributed by atoms with Crippen molar-refractivity contribution in [2.45, 2.75) is 58.3 Å². The molecule has 0 saturated heterocycles. The first-order chi connectivity index (χ1) is 9.36. The summed E-state index contributed by atoms with van der Waals surface area (Å²) < 4.78 is 5.46. The Hall–Kier alpha value is -0.690. The van der Waals surface area contributed by atoms with E-state index >= 15 is 0 Å². The molecule has 1 rings (SSSR count). The van der Waals surface area contributed by atoms with Crippen molar-refractivity contribution < 1.29 is 4.74 Å². The van der Waals surface area contributed by atoms with Crippen LogP contribution >= 0.6 is 11.6 Å². The van der Waals surface area contributed by atoms with Crippen LogP contribution in [0.1, 0.15) is 57.4 Å². The second-order valence-corrected chi connectivity index (χ2v) is 5.43. The molecule has 2 heteroatoms. The molecule has 0 amide bonds. The van der Waals surface area contributed by atoms with Crippen molar-refractivity contribution in [1.82, 2.24) is 0 Å². The molecule has 0 heterocycles. The molecule has 0 aliphatic carbocycles. The van der Waals surface area contributed by atoms with Gasteiger partial charge in [0.1, 0.15) is 12.4 Å². The quantitative estimate of drug-likeness (QED) is 0.379. The largest absolute Gasteiger partial charge is 0.492 e. The fraction of sp³-hybridized carbons (Fsp3) is 0.647. The molecule has 0 spiro atoms. The molecule has 0 saturated carbocycles. The number of rotatable bonds is 11. The highest BCUT2D eigenvalue weighted by atomic mass is 35.5. The van der Waals surface area contributed by atoms with Gasteiger partial charge in [-0.05, 0) is 30.5 Å². The Morgan fingerprint density at radius 3 is 2.16 bits per heavy atom. The van der Waals surface area contributed by atoms with Gasteiger partial charge in [0.2, 0.25) is 0 Å². The highest BCUT2D eigenvalue weighted by Crippen LogP contribution is 2.15. The molecule has 1 nitrogen and oxygen atoms in total. The minimum absolute atomic E-state index is 0.541. The summed E-state index contributed by atoms with van der Waals surface area (Å²) in [6.45, 7) is 2.85. The van der Waals surface area contributed by atoms with E-state index in [0.29, 0.717) is 12.5 Å². The second kappa shape index (κ2) is 11.2. The lowest BCUT2D eigenvalue weighted by molar-refractivity contribution is 0.342. The topological polar surface area (TPSA) is 9.23 Å². The SMILES string of the molecule is CCCCCCCCCc1ccc(OCCCl)cc1. The van der Waals surface area contributed by atoms with E-state index in [1.807, 2.05) is 12.1 Å². The molecular weight excluding hydrogens is 256 g/mol. The molecule has 0 radical (unpaired) electrons. The summed E-state index contributed by atoms with van der Waals surface area (Å²) in [5.41, 5.74) is 1.41. The highest BCUT2D eigenvalue weighted by Gasteiger charge is 1.96. The van der Waals surface area contributed by atoms with Crippen LogP contribution in [0.25, 0.3) is 0 Å². The van der Waals surface area contributed by atoms with Crippen LogP contribution in [-0.4, -0.2) is 12.5 Å². The van der Waals surface area contributed by atoms with Gasteiger partial charge in [-0.15, -0.1) is 11.6 Å². The summed E-state index contributed by atoms with van der Waals surface area (Å²) in [5.74, 6) is 1.46. The highest BCUT2D eigenvalue weighted by molar-refractivity contribution is 6.17. The van der Waals surface area contributed by atoms with Crippen LogP contribution in [0.4, 0.5) is 0 Å². The molecule has 0 fully saturated rings. The number of ether oxygens (including phenoxy) is 1. The molecule has 108 valence electrons. The molecule has 1 aromatic carbocycles. The number of aryl methyl sites for hydroxylation is 1. The maximum atomic E-state index is 5.59. The van der Waals surface area contributed by atoms with Gasteiger partial charge in [-0.3, -0.25) is 0 Å². The maximum absolute atomic E-state index is 5.59. The molecule has 0 atom stereocenters. The Morgan fingerprint density at radius 1 is 0.895 bits per heavy atom. The number of alkyl halides is 1. The molecule has 0 aromatic heterocycles. The van der Waals surface area contributed by atoms with E-state index in [2.05, 4.69) is 19.1 Å². The maximum Gasteiger partial charge on any atom is 0.119 e. The summed E-state index contributed by atoms with van der Waals surface area (Å²) in [4.78, 5) is 0. The molecule has 0 aliphatic rings. The Kier molecular flexibility index (Phi) is 9.61. The van der Waals surface area contributed by atoms with Gasteiger partial charge in [-0.2, -0.15) is 0 Å². The minimum Gasteiger partial charge on any atom is -0.492 e. The lowest BCUT2D eigenvalue weighted by atomic mass is 10.0. The van der Waals surface area contributed by atoms with E-state index in [0.717, 1.165) is 5.75 Å². The Labute approximate surface area is 123 Å². The molecule has 0 aliphatic heterocycles. The average Bonchev–Trinajstić information content (AvgIpc) is 2.45. The molecule has 0 unspecified atom stereocenters. The van der Waals surface area contributed by atoms with Crippen LogP contribution in [0, 0.1) is 0 Å². The number of hydrogen-bond donors (Lipinski definition) is 0. The van der Waals surface area contributed by atoms with Crippen LogP contribution in [-0.2, 0) is 6.42 Å². The van der Waals surface area contributed by atoms with Crippen LogP contribution in [0.3, 0.4) is 0 Å². The zero-order valence-electron chi connectivity index (χ0n) is 12.2. The van der Waals surface area contributed by atoms with Gasteiger partial charge in [0.05, 0.1) is 5.88 Å². The van der Waals surface area contributed by atoms with Gasteiger partial charge in [-0.1, -0.05) is 57.6 Å². The van der Waals surface area contributed by atoms with Crippen molar-refractivity contribution in [3.05, 3.63) is 29.8 Å². The van der Waals surface area contributed by atoms with Crippen LogP contribution in [0.15, 0.2) is 24.3 Å². The van der Waals surface area contributed by atoms with Crippen molar-refractivity contribution in [2.75, 3.05) is 12.5 Å². The predicted octanol–water partition coefficient (Wildman–Crippen LogP) is 5.60. The van der Waals surface area contributed by atoms with Crippen molar-refractivity contribution in [2.24, 2.45) is 0 Å². The lowest BCUT2D eigenvalue weighted by Gasteiger charge is -2.06. The third-order valence-corrected chi connectivity index (χ3v) is 3.49. The van der Waals surface area contributed by atoms with E-state index in [1.165, 1.54) is 56.9 Å². The van der Waals surface area contributed by atoms with Gasteiger partial charge in [0.25, 0.3) is 0 Å². The van der Waals surface area contributed by atoms with Crippen molar-refractivity contribution in [1.29, 1.82) is 0 Å². The third-order valence-electron chi connectivity index (χ3n) is 3.34. The van der Waals surface area contributed by atoms with E-state index in [-0.39, 0.29) is 0 Å². The number of halogens is 1. The minimum atomic E-state index is 0.541. The van der Waals surface area contributed by atoms with E-state index in [4.69, 9.17) is 16.3 Å². The molecule has 0 N–H and O–H groups in total. The zero-order chi connectivity index (χ0) is 13.8. The fourth-order valence-electron chi connectivity index (χ4n) is 2.20.